The van der Waals surface area contributed by atoms with Gasteiger partial charge in [-0.1, -0.05) is 11.6 Å². The van der Waals surface area contributed by atoms with Gasteiger partial charge in [0.15, 0.2) is 5.78 Å². The van der Waals surface area contributed by atoms with Crippen LogP contribution in [0.15, 0.2) is 11.6 Å². The lowest BCUT2D eigenvalue weighted by molar-refractivity contribution is -0.124. The molecule has 0 amide bonds. The summed E-state index contributed by atoms with van der Waals surface area (Å²) in [6.45, 7) is 1.97. The van der Waals surface area contributed by atoms with Gasteiger partial charge in [-0.3, -0.25) is 4.79 Å². The van der Waals surface area contributed by atoms with Crippen molar-refractivity contribution in [3.63, 3.8) is 0 Å². The highest BCUT2D eigenvalue weighted by Crippen LogP contribution is 2.19. The van der Waals surface area contributed by atoms with Gasteiger partial charge >= 0.3 is 0 Å². The fourth-order valence-corrected chi connectivity index (χ4v) is 1.31. The zero-order valence-electron chi connectivity index (χ0n) is 6.42. The Bertz CT molecular complexity index is 177. The van der Waals surface area contributed by atoms with Crippen molar-refractivity contribution in [1.29, 1.82) is 0 Å². The smallest absolute Gasteiger partial charge is 0.185 e. The van der Waals surface area contributed by atoms with Crippen molar-refractivity contribution in [3.05, 3.63) is 11.6 Å². The van der Waals surface area contributed by atoms with Gasteiger partial charge in [0.1, 0.15) is 6.10 Å². The minimum atomic E-state index is -0.250. The first-order valence-electron chi connectivity index (χ1n) is 3.70. The van der Waals surface area contributed by atoms with E-state index in [1.54, 1.807) is 0 Å². The van der Waals surface area contributed by atoms with E-state index in [1.807, 2.05) is 6.92 Å². The molecule has 2 nitrogen and oxygen atoms in total. The Morgan fingerprint density at radius 3 is 2.82 bits per heavy atom. The summed E-state index contributed by atoms with van der Waals surface area (Å²) in [4.78, 5) is 11.1. The van der Waals surface area contributed by atoms with Crippen LogP contribution in [-0.2, 0) is 9.53 Å². The molecule has 0 bridgehead atoms. The number of ether oxygens (including phenoxy) is 1. The topological polar surface area (TPSA) is 26.3 Å². The van der Waals surface area contributed by atoms with Crippen molar-refractivity contribution in [3.8, 4) is 0 Å². The number of rotatable bonds is 2. The average molecular weight is 175 g/mol. The van der Waals surface area contributed by atoms with Crippen molar-refractivity contribution in [2.45, 2.75) is 32.0 Å². The molecule has 2 unspecified atom stereocenters. The van der Waals surface area contributed by atoms with Gasteiger partial charge in [-0.05, 0) is 25.8 Å². The summed E-state index contributed by atoms with van der Waals surface area (Å²) in [5, 5.41) is 0. The molecule has 2 atom stereocenters. The Hall–Kier alpha value is -0.340. The lowest BCUT2D eigenvalue weighted by atomic mass is 10.1. The molecule has 0 aromatic carbocycles. The molecule has 1 saturated heterocycles. The molecule has 0 N–H and O–H groups in total. The van der Waals surface area contributed by atoms with E-state index >= 15 is 0 Å². The maximum absolute atomic E-state index is 11.1. The first-order chi connectivity index (χ1) is 5.24. The quantitative estimate of drug-likeness (QED) is 0.598. The van der Waals surface area contributed by atoms with Crippen LogP contribution in [0.1, 0.15) is 19.8 Å². The van der Waals surface area contributed by atoms with Gasteiger partial charge in [-0.2, -0.15) is 0 Å². The number of ketones is 1. The SMILES string of the molecule is CC1CCC(C(=O)/C=C/Cl)O1. The molecule has 0 aromatic heterocycles. The van der Waals surface area contributed by atoms with Gasteiger partial charge in [0.05, 0.1) is 6.10 Å². The second kappa shape index (κ2) is 3.88. The van der Waals surface area contributed by atoms with E-state index in [9.17, 15) is 4.79 Å². The van der Waals surface area contributed by atoms with Gasteiger partial charge < -0.3 is 4.74 Å². The summed E-state index contributed by atoms with van der Waals surface area (Å²) in [6.07, 6.45) is 3.10. The molecule has 0 aliphatic carbocycles. The second-order valence-electron chi connectivity index (χ2n) is 2.71. The predicted molar refractivity (Wildman–Crippen MR) is 43.6 cm³/mol. The molecular weight excluding hydrogens is 164 g/mol. The highest BCUT2D eigenvalue weighted by atomic mass is 35.5. The van der Waals surface area contributed by atoms with Crippen molar-refractivity contribution in [1.82, 2.24) is 0 Å². The van der Waals surface area contributed by atoms with Crippen LogP contribution in [0.4, 0.5) is 0 Å². The minimum absolute atomic E-state index is 0.0237. The van der Waals surface area contributed by atoms with Crippen LogP contribution in [0.5, 0.6) is 0 Å². The number of carbonyl (C=O) groups excluding carboxylic acids is 1. The van der Waals surface area contributed by atoms with Crippen LogP contribution >= 0.6 is 11.6 Å². The van der Waals surface area contributed by atoms with Gasteiger partial charge in [0.2, 0.25) is 0 Å². The number of halogens is 1. The Balaban J connectivity index is 2.43. The lowest BCUT2D eigenvalue weighted by Gasteiger charge is -2.05. The zero-order valence-corrected chi connectivity index (χ0v) is 7.17. The van der Waals surface area contributed by atoms with Crippen LogP contribution in [0.3, 0.4) is 0 Å². The van der Waals surface area contributed by atoms with Gasteiger partial charge in [0.25, 0.3) is 0 Å². The third-order valence-electron chi connectivity index (χ3n) is 1.78. The van der Waals surface area contributed by atoms with Crippen molar-refractivity contribution >= 4 is 17.4 Å². The third-order valence-corrected chi connectivity index (χ3v) is 1.90. The molecule has 0 aromatic rings. The molecule has 1 heterocycles. The molecule has 0 saturated carbocycles. The molecule has 1 rings (SSSR count). The molecule has 3 heteroatoms. The largest absolute Gasteiger partial charge is 0.367 e. The highest BCUT2D eigenvalue weighted by Gasteiger charge is 2.26. The first-order valence-corrected chi connectivity index (χ1v) is 4.13. The van der Waals surface area contributed by atoms with E-state index in [4.69, 9.17) is 16.3 Å². The van der Waals surface area contributed by atoms with E-state index in [1.165, 1.54) is 11.6 Å². The average Bonchev–Trinajstić information content (AvgIpc) is 2.36. The van der Waals surface area contributed by atoms with Gasteiger partial charge in [-0.25, -0.2) is 0 Å². The summed E-state index contributed by atoms with van der Waals surface area (Å²) < 4.78 is 5.32. The van der Waals surface area contributed by atoms with E-state index in [0.29, 0.717) is 0 Å². The Morgan fingerprint density at radius 2 is 2.36 bits per heavy atom. The van der Waals surface area contributed by atoms with Gasteiger partial charge in [-0.15, -0.1) is 0 Å². The summed E-state index contributed by atoms with van der Waals surface area (Å²) in [7, 11) is 0. The molecule has 1 aliphatic heterocycles. The fourth-order valence-electron chi connectivity index (χ4n) is 1.18. The summed E-state index contributed by atoms with van der Waals surface area (Å²) >= 11 is 5.25. The molecule has 62 valence electrons. The number of hydrogen-bond donors (Lipinski definition) is 0. The second-order valence-corrected chi connectivity index (χ2v) is 2.96. The monoisotopic (exact) mass is 174 g/mol. The molecule has 1 aliphatic rings. The zero-order chi connectivity index (χ0) is 8.27. The van der Waals surface area contributed by atoms with Crippen molar-refractivity contribution in [2.75, 3.05) is 0 Å². The summed E-state index contributed by atoms with van der Waals surface area (Å²) in [6, 6.07) is 0. The van der Waals surface area contributed by atoms with Crippen LogP contribution in [0.2, 0.25) is 0 Å². The first kappa shape index (κ1) is 8.75. The molecule has 11 heavy (non-hydrogen) atoms. The Labute approximate surface area is 71.2 Å². The number of hydrogen-bond acceptors (Lipinski definition) is 2. The minimum Gasteiger partial charge on any atom is -0.367 e. The van der Waals surface area contributed by atoms with Crippen LogP contribution in [0, 0.1) is 0 Å². The van der Waals surface area contributed by atoms with E-state index in [0.717, 1.165) is 12.8 Å². The molecule has 1 fully saturated rings. The van der Waals surface area contributed by atoms with E-state index in [-0.39, 0.29) is 18.0 Å². The standard InChI is InChI=1S/C8H11ClO2/c1-6-2-3-8(11-6)7(10)4-5-9/h4-6,8H,2-3H2,1H3/b5-4+. The third kappa shape index (κ3) is 2.31. The molecule has 0 radical (unpaired) electrons. The van der Waals surface area contributed by atoms with Crippen molar-refractivity contribution in [2.24, 2.45) is 0 Å². The van der Waals surface area contributed by atoms with E-state index in [2.05, 4.69) is 0 Å². The van der Waals surface area contributed by atoms with E-state index < -0.39 is 0 Å². The van der Waals surface area contributed by atoms with Crippen LogP contribution in [-0.4, -0.2) is 18.0 Å². The maximum atomic E-state index is 11.1. The maximum Gasteiger partial charge on any atom is 0.185 e. The highest BCUT2D eigenvalue weighted by molar-refractivity contribution is 6.27. The number of carbonyl (C=O) groups is 1. The normalized spacial score (nSPS) is 31.5. The summed E-state index contributed by atoms with van der Waals surface area (Å²) in [5.41, 5.74) is 1.23. The van der Waals surface area contributed by atoms with Crippen LogP contribution < -0.4 is 0 Å². The Morgan fingerprint density at radius 1 is 1.64 bits per heavy atom. The fraction of sp³-hybridized carbons (Fsp3) is 0.625. The predicted octanol–water partition coefficient (Wildman–Crippen LogP) is 1.88. The molecular formula is C8H11ClO2. The summed E-state index contributed by atoms with van der Waals surface area (Å²) in [5.74, 6) is -0.0237. The molecule has 0 spiro atoms. The van der Waals surface area contributed by atoms with Gasteiger partial charge in [0, 0.05) is 5.54 Å². The van der Waals surface area contributed by atoms with Crippen LogP contribution in [0.25, 0.3) is 0 Å². The van der Waals surface area contributed by atoms with Crippen molar-refractivity contribution < 1.29 is 9.53 Å². The Kier molecular flexibility index (Phi) is 3.09. The lowest BCUT2D eigenvalue weighted by Crippen LogP contribution is -2.18.